The molecule has 19 heteroatoms. The summed E-state index contributed by atoms with van der Waals surface area (Å²) in [5, 5.41) is 18.3. The second-order valence-corrected chi connectivity index (χ2v) is 13.0. The molecule has 3 aliphatic heterocycles. The number of nitrogens with zero attached hydrogens (tertiary/aromatic N) is 3. The molecule has 2 atom stereocenters. The highest BCUT2D eigenvalue weighted by Crippen LogP contribution is 2.33. The number of carbonyl (C=O) groups is 6. The number of halogens is 2. The SMILES string of the molecule is CC(=O)N1Cc2cccc(CN(N)/C=C(\N)CN)c2C1.COc1ccc(CNC(=O)C(=O)C2CC(F)(F)CN2C(=O)CNC(=O)C2CCC(=O)N2)cc1O. The summed E-state index contributed by atoms with van der Waals surface area (Å²) in [5.74, 6) is -1.68. The summed E-state index contributed by atoms with van der Waals surface area (Å²) in [4.78, 5) is 74.5. The molecular weight excluding hydrogens is 712 g/mol. The second-order valence-electron chi connectivity index (χ2n) is 13.0. The van der Waals surface area contributed by atoms with Crippen LogP contribution in [-0.2, 0) is 54.9 Å². The molecule has 2 saturated heterocycles. The lowest BCUT2D eigenvalue weighted by Gasteiger charge is -2.23. The summed E-state index contributed by atoms with van der Waals surface area (Å²) in [6.45, 7) is 1.80. The summed E-state index contributed by atoms with van der Waals surface area (Å²) in [6.07, 6.45) is 1.01. The maximum Gasteiger partial charge on any atom is 0.289 e. The minimum atomic E-state index is -3.39. The zero-order valence-electron chi connectivity index (χ0n) is 29.9. The van der Waals surface area contributed by atoms with Crippen LogP contribution < -0.4 is 38.0 Å². The van der Waals surface area contributed by atoms with Gasteiger partial charge in [-0.05, 0) is 40.8 Å². The predicted octanol–water partition coefficient (Wildman–Crippen LogP) is -0.800. The van der Waals surface area contributed by atoms with Crippen LogP contribution in [0, 0.1) is 0 Å². The molecule has 2 aromatic carbocycles. The number of fused-ring (bicyclic) bond motifs is 1. The molecule has 0 bridgehead atoms. The number of alkyl halides is 2. The number of rotatable bonds is 12. The number of ether oxygens (including phenoxy) is 1. The van der Waals surface area contributed by atoms with Crippen molar-refractivity contribution in [2.75, 3.05) is 26.7 Å². The van der Waals surface area contributed by atoms with E-state index < -0.39 is 61.0 Å². The zero-order chi connectivity index (χ0) is 39.7. The van der Waals surface area contributed by atoms with Crippen LogP contribution in [0.4, 0.5) is 8.78 Å². The molecule has 0 radical (unpaired) electrons. The van der Waals surface area contributed by atoms with Gasteiger partial charge in [0.25, 0.3) is 11.8 Å². The van der Waals surface area contributed by atoms with Crippen molar-refractivity contribution in [3.05, 3.63) is 70.5 Å². The highest BCUT2D eigenvalue weighted by Gasteiger charge is 2.51. The van der Waals surface area contributed by atoms with Gasteiger partial charge in [0.05, 0.1) is 26.7 Å². The van der Waals surface area contributed by atoms with Crippen molar-refractivity contribution in [1.29, 1.82) is 0 Å². The molecule has 0 saturated carbocycles. The predicted molar refractivity (Wildman–Crippen MR) is 188 cm³/mol. The van der Waals surface area contributed by atoms with Crippen molar-refractivity contribution in [3.8, 4) is 11.5 Å². The number of amides is 5. The number of nitrogens with two attached hydrogens (primary N) is 3. The summed E-state index contributed by atoms with van der Waals surface area (Å²) in [5.41, 5.74) is 15.5. The Morgan fingerprint density at radius 3 is 2.52 bits per heavy atom. The van der Waals surface area contributed by atoms with E-state index in [-0.39, 0.29) is 49.2 Å². The Kier molecular flexibility index (Phi) is 13.5. The van der Waals surface area contributed by atoms with Gasteiger partial charge in [0.15, 0.2) is 11.5 Å². The fraction of sp³-hybridized carbons (Fsp3) is 0.429. The number of aromatic hydroxyl groups is 1. The van der Waals surface area contributed by atoms with Crippen LogP contribution >= 0.6 is 0 Å². The van der Waals surface area contributed by atoms with Gasteiger partial charge in [-0.3, -0.25) is 28.8 Å². The number of hydrazine groups is 1. The Hall–Kier alpha value is -5.82. The average Bonchev–Trinajstić information content (AvgIpc) is 3.86. The smallest absolute Gasteiger partial charge is 0.289 e. The maximum absolute atomic E-state index is 14.0. The number of phenols is 1. The fourth-order valence-electron chi connectivity index (χ4n) is 6.15. The minimum Gasteiger partial charge on any atom is -0.504 e. The van der Waals surface area contributed by atoms with Gasteiger partial charge < -0.3 is 52.1 Å². The molecule has 5 amide bonds. The Balaban J connectivity index is 0.000000276. The number of methoxy groups -OCH3 is 1. The van der Waals surface area contributed by atoms with Crippen LogP contribution in [0.25, 0.3) is 0 Å². The number of benzene rings is 2. The Morgan fingerprint density at radius 2 is 1.89 bits per heavy atom. The molecule has 17 nitrogen and oxygen atoms in total. The molecule has 0 aromatic heterocycles. The molecule has 54 heavy (non-hydrogen) atoms. The number of ketones is 1. The Bertz CT molecular complexity index is 1810. The van der Waals surface area contributed by atoms with Gasteiger partial charge in [0, 0.05) is 57.8 Å². The number of hydrogen-bond donors (Lipinski definition) is 7. The lowest BCUT2D eigenvalue weighted by Crippen LogP contribution is -2.51. The van der Waals surface area contributed by atoms with E-state index in [0.717, 1.165) is 5.56 Å². The summed E-state index contributed by atoms with van der Waals surface area (Å²) < 4.78 is 33.0. The van der Waals surface area contributed by atoms with E-state index in [4.69, 9.17) is 22.0 Å². The van der Waals surface area contributed by atoms with Gasteiger partial charge in [-0.2, -0.15) is 0 Å². The molecule has 2 fully saturated rings. The van der Waals surface area contributed by atoms with Gasteiger partial charge >= 0.3 is 0 Å². The summed E-state index contributed by atoms with van der Waals surface area (Å²) >= 11 is 0. The largest absolute Gasteiger partial charge is 0.504 e. The highest BCUT2D eigenvalue weighted by atomic mass is 19.3. The molecule has 5 rings (SSSR count). The van der Waals surface area contributed by atoms with E-state index >= 15 is 0 Å². The number of likely N-dealkylation sites (tertiary alicyclic amines) is 1. The molecule has 0 aliphatic carbocycles. The van der Waals surface area contributed by atoms with Crippen molar-refractivity contribution >= 4 is 35.3 Å². The van der Waals surface area contributed by atoms with Crippen molar-refractivity contribution in [2.24, 2.45) is 17.3 Å². The van der Waals surface area contributed by atoms with E-state index in [1.54, 1.807) is 13.1 Å². The van der Waals surface area contributed by atoms with Gasteiger partial charge in [-0.1, -0.05) is 24.3 Å². The van der Waals surface area contributed by atoms with E-state index in [1.807, 2.05) is 23.1 Å². The number of phenolic OH excluding ortho intramolecular Hbond substituents is 1. The average molecular weight is 758 g/mol. The van der Waals surface area contributed by atoms with Crippen LogP contribution in [0.1, 0.15) is 48.4 Å². The first-order valence-corrected chi connectivity index (χ1v) is 17.0. The quantitative estimate of drug-likeness (QED) is 0.0799. The van der Waals surface area contributed by atoms with Crippen LogP contribution in [0.3, 0.4) is 0 Å². The van der Waals surface area contributed by atoms with Crippen molar-refractivity contribution in [3.63, 3.8) is 0 Å². The van der Waals surface area contributed by atoms with Gasteiger partial charge in [0.2, 0.25) is 29.4 Å². The van der Waals surface area contributed by atoms with Crippen LogP contribution in [0.5, 0.6) is 11.5 Å². The third-order valence-electron chi connectivity index (χ3n) is 8.98. The molecule has 0 spiro atoms. The van der Waals surface area contributed by atoms with Crippen LogP contribution in [0.15, 0.2) is 48.3 Å². The number of nitrogens with one attached hydrogen (secondary N) is 3. The lowest BCUT2D eigenvalue weighted by atomic mass is 10.0. The van der Waals surface area contributed by atoms with Gasteiger partial charge in [-0.15, -0.1) is 0 Å². The van der Waals surface area contributed by atoms with Gasteiger partial charge in [0.1, 0.15) is 12.1 Å². The molecule has 10 N–H and O–H groups in total. The van der Waals surface area contributed by atoms with Crippen molar-refractivity contribution in [1.82, 2.24) is 30.8 Å². The highest BCUT2D eigenvalue weighted by molar-refractivity contribution is 6.38. The van der Waals surface area contributed by atoms with E-state index in [0.29, 0.717) is 35.8 Å². The topological polar surface area (TPSA) is 256 Å². The third-order valence-corrected chi connectivity index (χ3v) is 8.98. The van der Waals surface area contributed by atoms with E-state index in [9.17, 15) is 42.7 Å². The molecule has 292 valence electrons. The first-order valence-electron chi connectivity index (χ1n) is 17.0. The monoisotopic (exact) mass is 757 g/mol. The normalized spacial score (nSPS) is 18.6. The first kappa shape index (κ1) is 40.9. The van der Waals surface area contributed by atoms with E-state index in [1.165, 1.54) is 41.4 Å². The molecule has 3 aliphatic rings. The molecular formula is C35H45F2N9O8. The number of hydrogen-bond acceptors (Lipinski definition) is 12. The number of Topliss-reactive ketones (excluding diaryl/α,β-unsaturated/α-hetero) is 1. The van der Waals surface area contributed by atoms with Crippen LogP contribution in [0.2, 0.25) is 0 Å². The maximum atomic E-state index is 14.0. The van der Waals surface area contributed by atoms with Crippen molar-refractivity contribution < 1.29 is 47.4 Å². The molecule has 2 aromatic rings. The van der Waals surface area contributed by atoms with E-state index in [2.05, 4.69) is 16.0 Å². The fourth-order valence-corrected chi connectivity index (χ4v) is 6.15. The van der Waals surface area contributed by atoms with Gasteiger partial charge in [-0.25, -0.2) is 14.6 Å². The minimum absolute atomic E-state index is 0.0871. The third kappa shape index (κ3) is 10.6. The molecule has 2 unspecified atom stereocenters. The van der Waals surface area contributed by atoms with Crippen LogP contribution in [-0.4, -0.2) is 100.0 Å². The number of carbonyl (C=O) groups excluding carboxylic acids is 6. The second kappa shape index (κ2) is 17.8. The summed E-state index contributed by atoms with van der Waals surface area (Å²) in [7, 11) is 1.36. The first-order chi connectivity index (χ1) is 25.5. The standard InChI is InChI=1S/C21H24F2N4O7.C14H21N5O/c1-34-15-4-2-11(6-14(15)28)8-24-20(33)18(31)13-7-21(22,23)10-27(13)17(30)9-25-19(32)12-3-5-16(29)26-12;1-10(20)18-6-11-3-2-4-12(14(11)9-18)7-19(17)8-13(16)5-15/h2,4,6,12-13,28H,3,5,7-10H2,1H3,(H,24,33)(H,25,32)(H,26,29);2-4,8H,5-7,9,15-17H2,1H3/b;13-8-. The summed E-state index contributed by atoms with van der Waals surface area (Å²) in [6, 6.07) is 7.82. The Morgan fingerprint density at radius 1 is 1.15 bits per heavy atom. The zero-order valence-corrected chi connectivity index (χ0v) is 29.9. The van der Waals surface area contributed by atoms with Crippen molar-refractivity contribution in [2.45, 2.75) is 70.4 Å². The molecule has 3 heterocycles. The Labute approximate surface area is 309 Å². The lowest BCUT2D eigenvalue weighted by molar-refractivity contribution is -0.144.